The van der Waals surface area contributed by atoms with Gasteiger partial charge in [0, 0.05) is 18.2 Å². The molecule has 1 N–H and O–H groups in total. The van der Waals surface area contributed by atoms with Gasteiger partial charge in [0.25, 0.3) is 5.69 Å². The molecule has 0 spiro atoms. The van der Waals surface area contributed by atoms with E-state index in [2.05, 4.69) is 5.32 Å². The number of amides is 1. The van der Waals surface area contributed by atoms with Crippen molar-refractivity contribution in [2.24, 2.45) is 0 Å². The maximum absolute atomic E-state index is 11.9. The minimum atomic E-state index is -0.819. The van der Waals surface area contributed by atoms with Gasteiger partial charge in [-0.15, -0.1) is 0 Å². The summed E-state index contributed by atoms with van der Waals surface area (Å²) in [5.41, 5.74) is 1.45. The first-order chi connectivity index (χ1) is 12.5. The summed E-state index contributed by atoms with van der Waals surface area (Å²) in [6, 6.07) is 14.2. The summed E-state index contributed by atoms with van der Waals surface area (Å²) in [5.74, 6) is -1.00. The molecule has 0 saturated heterocycles. The lowest BCUT2D eigenvalue weighted by Gasteiger charge is -2.12. The second-order valence-corrected chi connectivity index (χ2v) is 5.51. The summed E-state index contributed by atoms with van der Waals surface area (Å²) in [4.78, 5) is 33.9. The first kappa shape index (κ1) is 18.9. The maximum Gasteiger partial charge on any atom is 0.328 e. The van der Waals surface area contributed by atoms with E-state index in [0.29, 0.717) is 5.56 Å². The monoisotopic (exact) mass is 354 g/mol. The van der Waals surface area contributed by atoms with E-state index in [1.807, 2.05) is 30.3 Å². The summed E-state index contributed by atoms with van der Waals surface area (Å²) in [5, 5.41) is 13.1. The molecule has 7 nitrogen and oxygen atoms in total. The Balaban J connectivity index is 1.80. The highest BCUT2D eigenvalue weighted by molar-refractivity contribution is 5.94. The molecule has 1 amide bonds. The van der Waals surface area contributed by atoms with Crippen LogP contribution in [-0.4, -0.2) is 22.8 Å². The lowest BCUT2D eigenvalue weighted by molar-refractivity contribution is -0.384. The average Bonchev–Trinajstić information content (AvgIpc) is 2.65. The Hall–Kier alpha value is -3.48. The zero-order valence-electron chi connectivity index (χ0n) is 14.1. The van der Waals surface area contributed by atoms with Crippen LogP contribution in [0.25, 0.3) is 6.08 Å². The molecule has 0 aliphatic carbocycles. The van der Waals surface area contributed by atoms with Crippen LogP contribution in [0.1, 0.15) is 18.1 Å². The molecular weight excluding hydrogens is 336 g/mol. The molecule has 0 unspecified atom stereocenters. The molecule has 0 saturated carbocycles. The number of non-ortho nitro benzene ring substituents is 1. The summed E-state index contributed by atoms with van der Waals surface area (Å²) in [6.45, 7) is 1.49. The van der Waals surface area contributed by atoms with Gasteiger partial charge in [0.2, 0.25) is 5.91 Å². The van der Waals surface area contributed by atoms with Crippen LogP contribution in [0.4, 0.5) is 5.69 Å². The Bertz CT molecular complexity index is 800. The molecule has 7 heteroatoms. The van der Waals surface area contributed by atoms with Crippen LogP contribution in [0.3, 0.4) is 0 Å². The zero-order valence-corrected chi connectivity index (χ0v) is 14.1. The van der Waals surface area contributed by atoms with Crippen LogP contribution in [0, 0.1) is 10.1 Å². The number of rotatable bonds is 7. The van der Waals surface area contributed by atoms with Crippen LogP contribution in [-0.2, 0) is 20.9 Å². The van der Waals surface area contributed by atoms with E-state index in [1.54, 1.807) is 6.08 Å². The second kappa shape index (κ2) is 9.12. The lowest BCUT2D eigenvalue weighted by Crippen LogP contribution is -2.38. The molecule has 0 aromatic heterocycles. The molecule has 0 radical (unpaired) electrons. The van der Waals surface area contributed by atoms with E-state index in [1.165, 1.54) is 37.3 Å². The highest BCUT2D eigenvalue weighted by atomic mass is 16.6. The summed E-state index contributed by atoms with van der Waals surface area (Å²) >= 11 is 0. The van der Waals surface area contributed by atoms with E-state index >= 15 is 0 Å². The highest BCUT2D eigenvalue weighted by Crippen LogP contribution is 2.12. The molecule has 2 rings (SSSR count). The number of benzene rings is 2. The Labute approximate surface area is 150 Å². The SMILES string of the molecule is C[C@H](NC(=O)/C=C/c1ccccc1)C(=O)OCc1ccc([N+](=O)[O-])cc1. The van der Waals surface area contributed by atoms with Crippen LogP contribution >= 0.6 is 0 Å². The Morgan fingerprint density at radius 3 is 2.42 bits per heavy atom. The lowest BCUT2D eigenvalue weighted by atomic mass is 10.2. The van der Waals surface area contributed by atoms with Gasteiger partial charge in [-0.1, -0.05) is 30.3 Å². The van der Waals surface area contributed by atoms with Crippen molar-refractivity contribution in [3.63, 3.8) is 0 Å². The van der Waals surface area contributed by atoms with Crippen molar-refractivity contribution >= 4 is 23.6 Å². The topological polar surface area (TPSA) is 98.5 Å². The number of ether oxygens (including phenoxy) is 1. The molecule has 0 aliphatic rings. The van der Waals surface area contributed by atoms with Crippen LogP contribution in [0.2, 0.25) is 0 Å². The van der Waals surface area contributed by atoms with Gasteiger partial charge in [-0.05, 0) is 36.3 Å². The second-order valence-electron chi connectivity index (χ2n) is 5.51. The third kappa shape index (κ3) is 5.86. The molecule has 0 heterocycles. The number of carbonyl (C=O) groups is 2. The molecule has 26 heavy (non-hydrogen) atoms. The predicted octanol–water partition coefficient (Wildman–Crippen LogP) is 2.86. The minimum absolute atomic E-state index is 0.0309. The summed E-state index contributed by atoms with van der Waals surface area (Å²) < 4.78 is 5.11. The van der Waals surface area contributed by atoms with Crippen molar-refractivity contribution in [1.82, 2.24) is 5.32 Å². The largest absolute Gasteiger partial charge is 0.459 e. The average molecular weight is 354 g/mol. The number of carbonyl (C=O) groups excluding carboxylic acids is 2. The van der Waals surface area contributed by atoms with Crippen molar-refractivity contribution < 1.29 is 19.2 Å². The Morgan fingerprint density at radius 1 is 1.15 bits per heavy atom. The molecule has 134 valence electrons. The molecule has 2 aromatic rings. The number of nitro groups is 1. The van der Waals surface area contributed by atoms with Gasteiger partial charge in [-0.2, -0.15) is 0 Å². The number of hydrogen-bond acceptors (Lipinski definition) is 5. The number of hydrogen-bond donors (Lipinski definition) is 1. The van der Waals surface area contributed by atoms with E-state index in [0.717, 1.165) is 5.56 Å². The Kier molecular flexibility index (Phi) is 6.61. The normalized spacial score (nSPS) is 11.7. The number of nitrogens with zero attached hydrogens (tertiary/aromatic N) is 1. The molecule has 0 fully saturated rings. The molecule has 2 aromatic carbocycles. The number of nitro benzene ring substituents is 1. The molecular formula is C19H18N2O5. The highest BCUT2D eigenvalue weighted by Gasteiger charge is 2.16. The first-order valence-corrected chi connectivity index (χ1v) is 7.89. The zero-order chi connectivity index (χ0) is 18.9. The Morgan fingerprint density at radius 2 is 1.81 bits per heavy atom. The van der Waals surface area contributed by atoms with E-state index in [9.17, 15) is 19.7 Å². The van der Waals surface area contributed by atoms with Crippen molar-refractivity contribution in [1.29, 1.82) is 0 Å². The summed E-state index contributed by atoms with van der Waals surface area (Å²) in [7, 11) is 0. The van der Waals surface area contributed by atoms with Crippen molar-refractivity contribution in [2.75, 3.05) is 0 Å². The number of nitrogens with one attached hydrogen (secondary N) is 1. The van der Waals surface area contributed by atoms with Gasteiger partial charge >= 0.3 is 5.97 Å². The fourth-order valence-electron chi connectivity index (χ4n) is 2.05. The van der Waals surface area contributed by atoms with Crippen LogP contribution in [0.15, 0.2) is 60.7 Å². The van der Waals surface area contributed by atoms with Gasteiger partial charge in [0.05, 0.1) is 4.92 Å². The van der Waals surface area contributed by atoms with E-state index in [4.69, 9.17) is 4.74 Å². The first-order valence-electron chi connectivity index (χ1n) is 7.89. The predicted molar refractivity (Wildman–Crippen MR) is 96.0 cm³/mol. The van der Waals surface area contributed by atoms with Gasteiger partial charge < -0.3 is 10.1 Å². The fraction of sp³-hybridized carbons (Fsp3) is 0.158. The van der Waals surface area contributed by atoms with Gasteiger partial charge in [-0.25, -0.2) is 4.79 Å². The third-order valence-corrected chi connectivity index (χ3v) is 3.47. The van der Waals surface area contributed by atoms with Crippen molar-refractivity contribution in [3.8, 4) is 0 Å². The summed E-state index contributed by atoms with van der Waals surface area (Å²) in [6.07, 6.45) is 2.99. The van der Waals surface area contributed by atoms with Crippen molar-refractivity contribution in [3.05, 3.63) is 81.9 Å². The molecule has 0 aliphatic heterocycles. The van der Waals surface area contributed by atoms with E-state index in [-0.39, 0.29) is 12.3 Å². The fourth-order valence-corrected chi connectivity index (χ4v) is 2.05. The van der Waals surface area contributed by atoms with Gasteiger partial charge in [0.1, 0.15) is 12.6 Å². The van der Waals surface area contributed by atoms with E-state index < -0.39 is 22.8 Å². The maximum atomic E-state index is 11.9. The van der Waals surface area contributed by atoms with Crippen LogP contribution in [0.5, 0.6) is 0 Å². The third-order valence-electron chi connectivity index (χ3n) is 3.47. The van der Waals surface area contributed by atoms with Crippen molar-refractivity contribution in [2.45, 2.75) is 19.6 Å². The molecule has 0 bridgehead atoms. The number of esters is 1. The quantitative estimate of drug-likeness (QED) is 0.357. The standard InChI is InChI=1S/C19H18N2O5/c1-14(20-18(22)12-9-15-5-3-2-4-6-15)19(23)26-13-16-7-10-17(11-8-16)21(24)25/h2-12,14H,13H2,1H3,(H,20,22)/b12-9+/t14-/m0/s1. The molecule has 1 atom stereocenters. The minimum Gasteiger partial charge on any atom is -0.459 e. The van der Waals surface area contributed by atoms with Gasteiger partial charge in [0.15, 0.2) is 0 Å². The van der Waals surface area contributed by atoms with Crippen LogP contribution < -0.4 is 5.32 Å². The smallest absolute Gasteiger partial charge is 0.328 e. The van der Waals surface area contributed by atoms with Gasteiger partial charge in [-0.3, -0.25) is 14.9 Å².